The van der Waals surface area contributed by atoms with E-state index in [1.807, 2.05) is 0 Å². The van der Waals surface area contributed by atoms with Gasteiger partial charge in [0.15, 0.2) is 6.10 Å². The first-order valence-corrected chi connectivity index (χ1v) is 5.35. The number of carbonyl (C=O) groups excluding carboxylic acids is 4. The van der Waals surface area contributed by atoms with Crippen LogP contribution in [0.5, 0.6) is 0 Å². The van der Waals surface area contributed by atoms with E-state index >= 15 is 0 Å². The van der Waals surface area contributed by atoms with Crippen molar-refractivity contribution in [1.29, 1.82) is 0 Å². The largest absolute Gasteiger partial charge is 0.388 e. The molecule has 0 aromatic heterocycles. The molecule has 108 valence electrons. The molecule has 9 nitrogen and oxygen atoms in total. The van der Waals surface area contributed by atoms with Crippen LogP contribution >= 0.6 is 0 Å². The molecule has 6 N–H and O–H groups in total. The van der Waals surface area contributed by atoms with Gasteiger partial charge in [0.2, 0.25) is 17.7 Å². The van der Waals surface area contributed by atoms with E-state index in [4.69, 9.17) is 5.73 Å². The number of aliphatic hydroxyl groups excluding tert-OH is 2. The summed E-state index contributed by atoms with van der Waals surface area (Å²) >= 11 is 0. The Morgan fingerprint density at radius 3 is 1.89 bits per heavy atom. The second-order valence-electron chi connectivity index (χ2n) is 3.93. The lowest BCUT2D eigenvalue weighted by Gasteiger charge is -2.30. The van der Waals surface area contributed by atoms with Crippen LogP contribution < -0.4 is 16.4 Å². The van der Waals surface area contributed by atoms with Gasteiger partial charge in [-0.25, -0.2) is 0 Å². The van der Waals surface area contributed by atoms with Gasteiger partial charge in [0, 0.05) is 13.8 Å². The summed E-state index contributed by atoms with van der Waals surface area (Å²) in [5.74, 6) is -2.44. The Bertz CT molecular complexity index is 372. The molecule has 9 heteroatoms. The van der Waals surface area contributed by atoms with Crippen molar-refractivity contribution < 1.29 is 29.4 Å². The lowest BCUT2D eigenvalue weighted by molar-refractivity contribution is -0.136. The van der Waals surface area contributed by atoms with Crippen LogP contribution in [0.3, 0.4) is 0 Å². The third kappa shape index (κ3) is 5.44. The van der Waals surface area contributed by atoms with Gasteiger partial charge >= 0.3 is 0 Å². The molecule has 0 aliphatic heterocycles. The Kier molecular flexibility index (Phi) is 6.66. The predicted octanol–water partition coefficient (Wildman–Crippen LogP) is -3.60. The van der Waals surface area contributed by atoms with Crippen molar-refractivity contribution in [1.82, 2.24) is 10.6 Å². The highest BCUT2D eigenvalue weighted by molar-refractivity contribution is 5.81. The molecule has 0 aliphatic rings. The molecule has 0 saturated heterocycles. The summed E-state index contributed by atoms with van der Waals surface area (Å²) in [5.41, 5.74) is 4.81. The molecule has 0 bridgehead atoms. The zero-order chi connectivity index (χ0) is 15.2. The number of hydrogen-bond donors (Lipinski definition) is 5. The maximum Gasteiger partial charge on any atom is 0.249 e. The van der Waals surface area contributed by atoms with E-state index < -0.39 is 42.0 Å². The fourth-order valence-corrected chi connectivity index (χ4v) is 1.43. The molecule has 0 fully saturated rings. The minimum absolute atomic E-state index is 0.263. The van der Waals surface area contributed by atoms with Crippen molar-refractivity contribution in [2.45, 2.75) is 38.1 Å². The maximum absolute atomic E-state index is 11.0. The summed E-state index contributed by atoms with van der Waals surface area (Å²) in [7, 11) is 0. The van der Waals surface area contributed by atoms with Gasteiger partial charge in [-0.2, -0.15) is 0 Å². The van der Waals surface area contributed by atoms with E-state index in [1.54, 1.807) is 0 Å². The van der Waals surface area contributed by atoms with Crippen LogP contribution in [0.15, 0.2) is 0 Å². The van der Waals surface area contributed by atoms with Gasteiger partial charge in [0.25, 0.3) is 0 Å². The number of primary amides is 1. The Balaban J connectivity index is 5.16. The van der Waals surface area contributed by atoms with Gasteiger partial charge in [-0.15, -0.1) is 0 Å². The highest BCUT2D eigenvalue weighted by Crippen LogP contribution is 2.05. The molecule has 3 amide bonds. The van der Waals surface area contributed by atoms with Crippen molar-refractivity contribution in [3.63, 3.8) is 0 Å². The number of rotatable bonds is 7. The first-order valence-electron chi connectivity index (χ1n) is 5.35. The Morgan fingerprint density at radius 2 is 1.58 bits per heavy atom. The van der Waals surface area contributed by atoms with E-state index in [1.165, 1.54) is 0 Å². The minimum atomic E-state index is -1.99. The molecule has 0 aromatic carbocycles. The molecule has 0 spiro atoms. The van der Waals surface area contributed by atoms with Crippen LogP contribution in [0, 0.1) is 0 Å². The van der Waals surface area contributed by atoms with Crippen molar-refractivity contribution in [2.24, 2.45) is 5.73 Å². The molecule has 0 rings (SSSR count). The van der Waals surface area contributed by atoms with Gasteiger partial charge in [-0.1, -0.05) is 0 Å². The molecular formula is C10H17N3O6. The zero-order valence-electron chi connectivity index (χ0n) is 10.5. The summed E-state index contributed by atoms with van der Waals surface area (Å²) in [6.07, 6.45) is -3.57. The van der Waals surface area contributed by atoms with E-state index in [9.17, 15) is 29.4 Å². The van der Waals surface area contributed by atoms with E-state index in [0.29, 0.717) is 0 Å². The first kappa shape index (κ1) is 17.0. The standard InChI is InChI=1S/C10H17N3O6/c1-4(15)12-6(3-14)7(13-5(2)16)8(17)9(18)10(11)19/h3,6-9,17-18H,1-2H3,(H2,11,19)(H,12,15)(H,13,16)/t6-,7-,8+,9+/m1/s1. The quantitative estimate of drug-likeness (QED) is 0.302. The monoisotopic (exact) mass is 275 g/mol. The molecule has 0 unspecified atom stereocenters. The molecule has 0 heterocycles. The van der Waals surface area contributed by atoms with Crippen molar-refractivity contribution in [2.75, 3.05) is 0 Å². The van der Waals surface area contributed by atoms with Crippen molar-refractivity contribution in [3.8, 4) is 0 Å². The van der Waals surface area contributed by atoms with Gasteiger partial charge < -0.3 is 31.4 Å². The smallest absolute Gasteiger partial charge is 0.249 e. The summed E-state index contributed by atoms with van der Waals surface area (Å²) < 4.78 is 0. The van der Waals surface area contributed by atoms with Crippen LogP contribution in [-0.2, 0) is 19.2 Å². The summed E-state index contributed by atoms with van der Waals surface area (Å²) in [6.45, 7) is 2.23. The second-order valence-corrected chi connectivity index (χ2v) is 3.93. The molecular weight excluding hydrogens is 258 g/mol. The highest BCUT2D eigenvalue weighted by Gasteiger charge is 2.36. The maximum atomic E-state index is 11.0. The van der Waals surface area contributed by atoms with Crippen LogP contribution in [0.1, 0.15) is 13.8 Å². The molecule has 0 saturated carbocycles. The van der Waals surface area contributed by atoms with E-state index in [-0.39, 0.29) is 6.29 Å². The zero-order valence-corrected chi connectivity index (χ0v) is 10.5. The highest BCUT2D eigenvalue weighted by atomic mass is 16.3. The lowest BCUT2D eigenvalue weighted by atomic mass is 9.98. The topological polar surface area (TPSA) is 159 Å². The third-order valence-electron chi connectivity index (χ3n) is 2.26. The summed E-state index contributed by atoms with van der Waals surface area (Å²) in [4.78, 5) is 43.6. The van der Waals surface area contributed by atoms with Gasteiger partial charge in [-0.3, -0.25) is 14.4 Å². The molecule has 4 atom stereocenters. The molecule has 19 heavy (non-hydrogen) atoms. The average Bonchev–Trinajstić information content (AvgIpc) is 2.30. The molecule has 0 aliphatic carbocycles. The van der Waals surface area contributed by atoms with Crippen molar-refractivity contribution >= 4 is 24.0 Å². The SMILES string of the molecule is CC(=O)N[C@@H]([C@H](O)[C@H](O)C(N)=O)[C@@H](C=O)NC(C)=O. The number of nitrogens with one attached hydrogen (secondary N) is 2. The summed E-state index contributed by atoms with van der Waals surface area (Å²) in [5, 5.41) is 23.4. The Hall–Kier alpha value is -2.00. The van der Waals surface area contributed by atoms with Gasteiger partial charge in [0.05, 0.1) is 6.04 Å². The normalized spacial score (nSPS) is 16.6. The Labute approximate surface area is 109 Å². The van der Waals surface area contributed by atoms with E-state index in [0.717, 1.165) is 13.8 Å². The van der Waals surface area contributed by atoms with Crippen LogP contribution in [0.2, 0.25) is 0 Å². The van der Waals surface area contributed by atoms with Crippen LogP contribution in [0.25, 0.3) is 0 Å². The number of aldehydes is 1. The van der Waals surface area contributed by atoms with Crippen LogP contribution in [-0.4, -0.2) is 58.5 Å². The van der Waals surface area contributed by atoms with Gasteiger partial charge in [-0.05, 0) is 0 Å². The number of nitrogens with two attached hydrogens (primary N) is 1. The van der Waals surface area contributed by atoms with Crippen LogP contribution in [0.4, 0.5) is 0 Å². The third-order valence-corrected chi connectivity index (χ3v) is 2.26. The first-order chi connectivity index (χ1) is 8.70. The fourth-order valence-electron chi connectivity index (χ4n) is 1.43. The number of aliphatic hydroxyl groups is 2. The van der Waals surface area contributed by atoms with Gasteiger partial charge in [0.1, 0.15) is 18.4 Å². The predicted molar refractivity (Wildman–Crippen MR) is 62.5 cm³/mol. The number of carbonyl (C=O) groups is 4. The van der Waals surface area contributed by atoms with E-state index in [2.05, 4.69) is 10.6 Å². The molecule has 0 radical (unpaired) electrons. The average molecular weight is 275 g/mol. The fraction of sp³-hybridized carbons (Fsp3) is 0.600. The summed E-state index contributed by atoms with van der Waals surface area (Å²) in [6, 6.07) is -2.70. The second kappa shape index (κ2) is 7.44. The lowest BCUT2D eigenvalue weighted by Crippen LogP contribution is -2.61. The number of amides is 3. The Morgan fingerprint density at radius 1 is 1.11 bits per heavy atom. The molecule has 0 aromatic rings. The van der Waals surface area contributed by atoms with Crippen molar-refractivity contribution in [3.05, 3.63) is 0 Å². The number of hydrogen-bond acceptors (Lipinski definition) is 6. The minimum Gasteiger partial charge on any atom is -0.388 e.